The monoisotopic (exact) mass is 184 g/mol. The standard InChI is InChI=1S/C10H20N2O/c1-10(2,11-3)9(13)12-7-6-8-4-5-8/h8,11H,4-7H2,1-3H3,(H,12,13). The summed E-state index contributed by atoms with van der Waals surface area (Å²) >= 11 is 0. The SMILES string of the molecule is CNC(C)(C)C(=O)NCCC1CC1. The Morgan fingerprint density at radius 1 is 1.46 bits per heavy atom. The van der Waals surface area contributed by atoms with E-state index in [9.17, 15) is 4.79 Å². The molecule has 1 aliphatic rings. The molecule has 1 saturated carbocycles. The average molecular weight is 184 g/mol. The molecule has 0 bridgehead atoms. The maximum absolute atomic E-state index is 11.5. The van der Waals surface area contributed by atoms with Crippen molar-refractivity contribution in [2.24, 2.45) is 5.92 Å². The topological polar surface area (TPSA) is 41.1 Å². The molecule has 0 atom stereocenters. The Morgan fingerprint density at radius 2 is 2.08 bits per heavy atom. The van der Waals surface area contributed by atoms with E-state index in [0.717, 1.165) is 18.9 Å². The fourth-order valence-electron chi connectivity index (χ4n) is 1.13. The molecule has 1 amide bonds. The van der Waals surface area contributed by atoms with Crippen LogP contribution in [0, 0.1) is 5.92 Å². The number of amides is 1. The number of nitrogens with one attached hydrogen (secondary N) is 2. The average Bonchev–Trinajstić information content (AvgIpc) is 2.88. The van der Waals surface area contributed by atoms with Gasteiger partial charge in [-0.25, -0.2) is 0 Å². The highest BCUT2D eigenvalue weighted by Gasteiger charge is 2.26. The smallest absolute Gasteiger partial charge is 0.239 e. The Kier molecular flexibility index (Phi) is 3.31. The van der Waals surface area contributed by atoms with E-state index in [4.69, 9.17) is 0 Å². The first kappa shape index (κ1) is 10.5. The molecule has 0 heterocycles. The molecular formula is C10H20N2O. The van der Waals surface area contributed by atoms with Gasteiger partial charge in [0.1, 0.15) is 0 Å². The molecule has 0 radical (unpaired) electrons. The first-order chi connectivity index (χ1) is 6.06. The highest BCUT2D eigenvalue weighted by Crippen LogP contribution is 2.31. The summed E-state index contributed by atoms with van der Waals surface area (Å²) in [4.78, 5) is 11.5. The summed E-state index contributed by atoms with van der Waals surface area (Å²) in [5.41, 5.74) is -0.441. The number of likely N-dealkylation sites (N-methyl/N-ethyl adjacent to an activating group) is 1. The summed E-state index contributed by atoms with van der Waals surface area (Å²) < 4.78 is 0. The van der Waals surface area contributed by atoms with Crippen LogP contribution in [0.3, 0.4) is 0 Å². The first-order valence-corrected chi connectivity index (χ1v) is 5.03. The molecule has 76 valence electrons. The highest BCUT2D eigenvalue weighted by atomic mass is 16.2. The molecule has 0 aliphatic heterocycles. The largest absolute Gasteiger partial charge is 0.355 e. The van der Waals surface area contributed by atoms with E-state index in [1.165, 1.54) is 12.8 Å². The van der Waals surface area contributed by atoms with Gasteiger partial charge in [-0.3, -0.25) is 4.79 Å². The number of hydrogen-bond donors (Lipinski definition) is 2. The van der Waals surface area contributed by atoms with Crippen LogP contribution in [0.15, 0.2) is 0 Å². The maximum atomic E-state index is 11.5. The van der Waals surface area contributed by atoms with Crippen LogP contribution < -0.4 is 10.6 Å². The Hall–Kier alpha value is -0.570. The zero-order valence-electron chi connectivity index (χ0n) is 8.81. The van der Waals surface area contributed by atoms with Crippen molar-refractivity contribution in [1.82, 2.24) is 10.6 Å². The van der Waals surface area contributed by atoms with Gasteiger partial charge in [0.15, 0.2) is 0 Å². The van der Waals surface area contributed by atoms with Gasteiger partial charge in [-0.1, -0.05) is 12.8 Å². The van der Waals surface area contributed by atoms with Crippen LogP contribution >= 0.6 is 0 Å². The van der Waals surface area contributed by atoms with E-state index in [1.54, 1.807) is 7.05 Å². The minimum Gasteiger partial charge on any atom is -0.355 e. The van der Waals surface area contributed by atoms with Gasteiger partial charge < -0.3 is 10.6 Å². The molecule has 1 aliphatic carbocycles. The van der Waals surface area contributed by atoms with E-state index in [-0.39, 0.29) is 5.91 Å². The van der Waals surface area contributed by atoms with E-state index in [1.807, 2.05) is 13.8 Å². The van der Waals surface area contributed by atoms with Crippen LogP contribution in [0.25, 0.3) is 0 Å². The minimum atomic E-state index is -0.441. The molecule has 1 rings (SSSR count). The fraction of sp³-hybridized carbons (Fsp3) is 0.900. The fourth-order valence-corrected chi connectivity index (χ4v) is 1.13. The Bertz CT molecular complexity index is 185. The van der Waals surface area contributed by atoms with E-state index in [2.05, 4.69) is 10.6 Å². The van der Waals surface area contributed by atoms with Crippen LogP contribution in [0.5, 0.6) is 0 Å². The minimum absolute atomic E-state index is 0.0932. The van der Waals surface area contributed by atoms with Gasteiger partial charge in [-0.05, 0) is 33.2 Å². The molecule has 13 heavy (non-hydrogen) atoms. The van der Waals surface area contributed by atoms with Crippen molar-refractivity contribution in [3.05, 3.63) is 0 Å². The van der Waals surface area contributed by atoms with Gasteiger partial charge in [0, 0.05) is 6.54 Å². The lowest BCUT2D eigenvalue weighted by atomic mass is 10.1. The number of rotatable bonds is 5. The molecule has 2 N–H and O–H groups in total. The molecule has 3 nitrogen and oxygen atoms in total. The number of hydrogen-bond acceptors (Lipinski definition) is 2. The zero-order chi connectivity index (χ0) is 9.90. The van der Waals surface area contributed by atoms with Crippen LogP contribution in [-0.4, -0.2) is 25.0 Å². The summed E-state index contributed by atoms with van der Waals surface area (Å²) in [7, 11) is 1.81. The van der Waals surface area contributed by atoms with Crippen molar-refractivity contribution in [2.45, 2.75) is 38.6 Å². The van der Waals surface area contributed by atoms with Crippen molar-refractivity contribution in [3.63, 3.8) is 0 Å². The first-order valence-electron chi connectivity index (χ1n) is 5.03. The lowest BCUT2D eigenvalue weighted by Crippen LogP contribution is -2.51. The normalized spacial score (nSPS) is 17.2. The summed E-state index contributed by atoms with van der Waals surface area (Å²) in [6, 6.07) is 0. The van der Waals surface area contributed by atoms with Gasteiger partial charge >= 0.3 is 0 Å². The zero-order valence-corrected chi connectivity index (χ0v) is 8.81. The molecule has 0 spiro atoms. The molecular weight excluding hydrogens is 164 g/mol. The van der Waals surface area contributed by atoms with E-state index in [0.29, 0.717) is 0 Å². The van der Waals surface area contributed by atoms with Crippen molar-refractivity contribution in [1.29, 1.82) is 0 Å². The van der Waals surface area contributed by atoms with E-state index >= 15 is 0 Å². The molecule has 0 unspecified atom stereocenters. The van der Waals surface area contributed by atoms with Gasteiger partial charge in [0.05, 0.1) is 5.54 Å². The van der Waals surface area contributed by atoms with Crippen LogP contribution in [0.4, 0.5) is 0 Å². The molecule has 0 aromatic carbocycles. The predicted molar refractivity (Wildman–Crippen MR) is 53.5 cm³/mol. The third-order valence-corrected chi connectivity index (χ3v) is 2.73. The van der Waals surface area contributed by atoms with Gasteiger partial charge in [0.25, 0.3) is 0 Å². The second-order valence-electron chi connectivity index (χ2n) is 4.36. The molecule has 1 fully saturated rings. The summed E-state index contributed by atoms with van der Waals surface area (Å²) in [6.45, 7) is 4.60. The third-order valence-electron chi connectivity index (χ3n) is 2.73. The Balaban J connectivity index is 2.15. The van der Waals surface area contributed by atoms with Gasteiger partial charge in [0.2, 0.25) is 5.91 Å². The predicted octanol–water partition coefficient (Wildman–Crippen LogP) is 0.901. The molecule has 0 saturated heterocycles. The van der Waals surface area contributed by atoms with Crippen molar-refractivity contribution < 1.29 is 4.79 Å². The van der Waals surface area contributed by atoms with Gasteiger partial charge in [-0.2, -0.15) is 0 Å². The number of carbonyl (C=O) groups is 1. The van der Waals surface area contributed by atoms with Crippen LogP contribution in [0.1, 0.15) is 33.1 Å². The second-order valence-corrected chi connectivity index (χ2v) is 4.36. The Morgan fingerprint density at radius 3 is 2.54 bits per heavy atom. The third kappa shape index (κ3) is 3.35. The van der Waals surface area contributed by atoms with Crippen molar-refractivity contribution in [3.8, 4) is 0 Å². The van der Waals surface area contributed by atoms with Crippen LogP contribution in [0.2, 0.25) is 0 Å². The summed E-state index contributed by atoms with van der Waals surface area (Å²) in [6.07, 6.45) is 3.85. The van der Waals surface area contributed by atoms with Crippen molar-refractivity contribution >= 4 is 5.91 Å². The summed E-state index contributed by atoms with van der Waals surface area (Å²) in [5, 5.41) is 5.93. The molecule has 0 aromatic rings. The Labute approximate surface area is 80.3 Å². The molecule has 0 aromatic heterocycles. The second kappa shape index (κ2) is 4.09. The lowest BCUT2D eigenvalue weighted by Gasteiger charge is -2.22. The van der Waals surface area contributed by atoms with E-state index < -0.39 is 5.54 Å². The van der Waals surface area contributed by atoms with Crippen LogP contribution in [-0.2, 0) is 4.79 Å². The quantitative estimate of drug-likeness (QED) is 0.666. The highest BCUT2D eigenvalue weighted by molar-refractivity contribution is 5.85. The van der Waals surface area contributed by atoms with Crippen molar-refractivity contribution in [2.75, 3.05) is 13.6 Å². The lowest BCUT2D eigenvalue weighted by molar-refractivity contribution is -0.126. The number of carbonyl (C=O) groups excluding carboxylic acids is 1. The maximum Gasteiger partial charge on any atom is 0.239 e. The van der Waals surface area contributed by atoms with Gasteiger partial charge in [-0.15, -0.1) is 0 Å². The summed E-state index contributed by atoms with van der Waals surface area (Å²) in [5.74, 6) is 0.980. The molecule has 3 heteroatoms.